The number of nitrogens with zero attached hydrogens (tertiary/aromatic N) is 1. The van der Waals surface area contributed by atoms with Gasteiger partial charge in [0, 0.05) is 30.6 Å². The van der Waals surface area contributed by atoms with Gasteiger partial charge in [0.1, 0.15) is 5.60 Å². The summed E-state index contributed by atoms with van der Waals surface area (Å²) in [6.07, 6.45) is -0.343. The second-order valence-corrected chi connectivity index (χ2v) is 10.5. The monoisotopic (exact) mass is 524 g/mol. The highest BCUT2D eigenvalue weighted by molar-refractivity contribution is 8.06. The van der Waals surface area contributed by atoms with E-state index >= 15 is 0 Å². The van der Waals surface area contributed by atoms with E-state index in [4.69, 9.17) is 9.47 Å². The number of benzene rings is 1. The average Bonchev–Trinajstić information content (AvgIpc) is 2.75. The van der Waals surface area contributed by atoms with Gasteiger partial charge >= 0.3 is 12.1 Å². The van der Waals surface area contributed by atoms with E-state index in [2.05, 4.69) is 29.1 Å². The molecule has 0 saturated carbocycles. The fourth-order valence-electron chi connectivity index (χ4n) is 2.53. The van der Waals surface area contributed by atoms with Gasteiger partial charge in [0.25, 0.3) is 0 Å². The fourth-order valence-corrected chi connectivity index (χ4v) is 4.30. The fraction of sp³-hybridized carbons (Fsp3) is 0.458. The number of carbonyl (C=O) groups is 3. The van der Waals surface area contributed by atoms with E-state index < -0.39 is 11.7 Å². The number of hydrogen-bond donors (Lipinski definition) is 3. The Bertz CT molecular complexity index is 902. The van der Waals surface area contributed by atoms with Crippen LogP contribution in [0, 0.1) is 0 Å². The van der Waals surface area contributed by atoms with Crippen LogP contribution in [0.4, 0.5) is 10.5 Å². The third-order valence-electron chi connectivity index (χ3n) is 3.93. The summed E-state index contributed by atoms with van der Waals surface area (Å²) in [5.41, 5.74) is 0.212. The van der Waals surface area contributed by atoms with Crippen molar-refractivity contribution in [3.8, 4) is 0 Å². The van der Waals surface area contributed by atoms with Crippen LogP contribution in [-0.4, -0.2) is 61.2 Å². The Kier molecular flexibility index (Phi) is 13.4. The molecule has 0 unspecified atom stereocenters. The van der Waals surface area contributed by atoms with E-state index in [0.29, 0.717) is 23.1 Å². The number of esters is 1. The molecule has 0 saturated heterocycles. The van der Waals surface area contributed by atoms with Crippen LogP contribution in [0.25, 0.3) is 0 Å². The Balaban J connectivity index is 2.65. The number of ether oxygens (including phenoxy) is 2. The van der Waals surface area contributed by atoms with Crippen LogP contribution < -0.4 is 16.0 Å². The molecular weight excluding hydrogens is 488 g/mol. The summed E-state index contributed by atoms with van der Waals surface area (Å²) in [6, 6.07) is 7.61. The minimum Gasteiger partial charge on any atom is -0.465 e. The largest absolute Gasteiger partial charge is 0.465 e. The maximum atomic E-state index is 12.9. The molecule has 0 aliphatic carbocycles. The van der Waals surface area contributed by atoms with Gasteiger partial charge < -0.3 is 25.4 Å². The molecule has 0 radical (unpaired) electrons. The highest BCUT2D eigenvalue weighted by atomic mass is 32.2. The summed E-state index contributed by atoms with van der Waals surface area (Å²) in [6.45, 7) is 15.9. The number of nitrogens with one attached hydrogen (secondary N) is 3. The molecule has 1 aromatic rings. The van der Waals surface area contributed by atoms with Gasteiger partial charge in [-0.25, -0.2) is 9.10 Å². The summed E-state index contributed by atoms with van der Waals surface area (Å²) in [5.74, 6) is -0.623. The second-order valence-electron chi connectivity index (χ2n) is 8.20. The van der Waals surface area contributed by atoms with E-state index in [-0.39, 0.29) is 31.4 Å². The predicted octanol–water partition coefficient (Wildman–Crippen LogP) is 4.35. The van der Waals surface area contributed by atoms with Crippen LogP contribution in [0.2, 0.25) is 0 Å². The third-order valence-corrected chi connectivity index (χ3v) is 5.75. The van der Waals surface area contributed by atoms with E-state index in [1.807, 2.05) is 31.3 Å². The van der Waals surface area contributed by atoms with E-state index in [9.17, 15) is 14.4 Å². The lowest BCUT2D eigenvalue weighted by molar-refractivity contribution is -0.142. The van der Waals surface area contributed by atoms with Crippen molar-refractivity contribution < 1.29 is 23.9 Å². The van der Waals surface area contributed by atoms with Crippen LogP contribution in [-0.2, 0) is 19.1 Å². The van der Waals surface area contributed by atoms with Gasteiger partial charge in [0.2, 0.25) is 5.91 Å². The molecule has 0 aliphatic rings. The molecule has 194 valence electrons. The summed E-state index contributed by atoms with van der Waals surface area (Å²) in [4.78, 5) is 37.8. The molecule has 0 heterocycles. The first kappa shape index (κ1) is 30.4. The van der Waals surface area contributed by atoms with Crippen LogP contribution in [0.1, 0.15) is 34.1 Å². The van der Waals surface area contributed by atoms with E-state index in [0.717, 1.165) is 10.6 Å². The Morgan fingerprint density at radius 1 is 1.14 bits per heavy atom. The van der Waals surface area contributed by atoms with Gasteiger partial charge in [-0.1, -0.05) is 37.1 Å². The predicted molar refractivity (Wildman–Crippen MR) is 143 cm³/mol. The number of carbonyl (C=O) groups excluding carboxylic acids is 3. The Morgan fingerprint density at radius 3 is 2.46 bits per heavy atom. The molecule has 1 rings (SSSR count). The Hall–Kier alpha value is -2.63. The average molecular weight is 525 g/mol. The highest BCUT2D eigenvalue weighted by Gasteiger charge is 2.25. The molecule has 2 amide bonds. The molecule has 1 aromatic carbocycles. The topological polar surface area (TPSA) is 109 Å². The zero-order valence-corrected chi connectivity index (χ0v) is 22.7. The second kappa shape index (κ2) is 15.4. The van der Waals surface area contributed by atoms with E-state index in [1.165, 1.54) is 28.0 Å². The van der Waals surface area contributed by atoms with Crippen molar-refractivity contribution in [3.63, 3.8) is 0 Å². The smallest absolute Gasteiger partial charge is 0.421 e. The summed E-state index contributed by atoms with van der Waals surface area (Å²) >= 11 is 2.41. The van der Waals surface area contributed by atoms with E-state index in [1.54, 1.807) is 27.7 Å². The highest BCUT2D eigenvalue weighted by Crippen LogP contribution is 2.33. The third kappa shape index (κ3) is 13.1. The van der Waals surface area contributed by atoms with Gasteiger partial charge in [0.05, 0.1) is 29.6 Å². The molecule has 0 spiro atoms. The molecule has 3 N–H and O–H groups in total. The number of rotatable bonds is 14. The molecule has 35 heavy (non-hydrogen) atoms. The number of anilines is 1. The summed E-state index contributed by atoms with van der Waals surface area (Å²) in [5, 5.41) is 9.04. The maximum absolute atomic E-state index is 12.9. The molecule has 0 aromatic heterocycles. The first-order valence-electron chi connectivity index (χ1n) is 11.1. The zero-order valence-electron chi connectivity index (χ0n) is 21.1. The minimum absolute atomic E-state index is 0.0441. The first-order chi connectivity index (χ1) is 16.4. The van der Waals surface area contributed by atoms with Gasteiger partial charge in [-0.05, 0) is 51.8 Å². The standard InChI is InChI=1S/C24H36N4O5S2/c1-8-32-22(30)15-26-14-13-21(29)27-18(3)34-17(2)16-28(23(31)33-24(4,5)6)35-20-12-10-9-11-19(20)25-7/h9-12,25-26H,2-3,8,13-16H2,1,4-7H3,(H,27,29). The zero-order chi connectivity index (χ0) is 26.4. The van der Waals surface area contributed by atoms with Crippen molar-refractivity contribution in [1.29, 1.82) is 0 Å². The Morgan fingerprint density at radius 2 is 1.83 bits per heavy atom. The maximum Gasteiger partial charge on any atom is 0.421 e. The lowest BCUT2D eigenvalue weighted by Gasteiger charge is -2.27. The SMILES string of the molecule is C=C(CN(Sc1ccccc1NC)C(=O)OC(C)(C)C)SC(=C)NC(=O)CCNCC(=O)OCC. The van der Waals surface area contributed by atoms with Crippen molar-refractivity contribution in [2.24, 2.45) is 0 Å². The van der Waals surface area contributed by atoms with Crippen molar-refractivity contribution in [2.75, 3.05) is 38.6 Å². The Labute approximate surface area is 216 Å². The number of amides is 2. The lowest BCUT2D eigenvalue weighted by Crippen LogP contribution is -2.33. The molecule has 9 nitrogen and oxygen atoms in total. The van der Waals surface area contributed by atoms with Gasteiger partial charge in [-0.15, -0.1) is 0 Å². The van der Waals surface area contributed by atoms with Gasteiger partial charge in [-0.2, -0.15) is 0 Å². The molecule has 0 bridgehead atoms. The number of hydrogen-bond acceptors (Lipinski definition) is 9. The van der Waals surface area contributed by atoms with Crippen LogP contribution in [0.3, 0.4) is 0 Å². The summed E-state index contributed by atoms with van der Waals surface area (Å²) in [7, 11) is 1.81. The van der Waals surface area contributed by atoms with Gasteiger partial charge in [-0.3, -0.25) is 9.59 Å². The molecule has 0 aliphatic heterocycles. The molecule has 0 atom stereocenters. The molecular formula is C24H36N4O5S2. The van der Waals surface area contributed by atoms with Crippen LogP contribution >= 0.6 is 23.7 Å². The number of thioether (sulfide) groups is 1. The van der Waals surface area contributed by atoms with Crippen molar-refractivity contribution in [3.05, 3.63) is 47.4 Å². The van der Waals surface area contributed by atoms with Gasteiger partial charge in [0.15, 0.2) is 0 Å². The van der Waals surface area contributed by atoms with Crippen LogP contribution in [0.5, 0.6) is 0 Å². The normalized spacial score (nSPS) is 10.8. The van der Waals surface area contributed by atoms with Crippen molar-refractivity contribution in [1.82, 2.24) is 14.9 Å². The molecule has 11 heteroatoms. The van der Waals surface area contributed by atoms with Crippen molar-refractivity contribution >= 4 is 47.4 Å². The lowest BCUT2D eigenvalue weighted by atomic mass is 10.2. The summed E-state index contributed by atoms with van der Waals surface area (Å²) < 4.78 is 11.9. The first-order valence-corrected chi connectivity index (χ1v) is 12.7. The number of para-hydroxylation sites is 1. The molecule has 0 fully saturated rings. The minimum atomic E-state index is -0.661. The van der Waals surface area contributed by atoms with Crippen LogP contribution in [0.15, 0.2) is 52.3 Å². The quantitative estimate of drug-likeness (QED) is 0.186. The van der Waals surface area contributed by atoms with Crippen molar-refractivity contribution in [2.45, 2.75) is 44.6 Å².